The molecule has 8 nitrogen and oxygen atoms in total. The van der Waals surface area contributed by atoms with Crippen molar-refractivity contribution in [2.24, 2.45) is 0 Å². The van der Waals surface area contributed by atoms with Crippen molar-refractivity contribution in [2.45, 2.75) is 0 Å². The molecule has 9 heteroatoms. The lowest BCUT2D eigenvalue weighted by Crippen LogP contribution is -2.14. The van der Waals surface area contributed by atoms with Crippen molar-refractivity contribution in [3.8, 4) is 24.3 Å². The Morgan fingerprint density at radius 1 is 0.674 bits per heavy atom. The zero-order valence-corrected chi connectivity index (χ0v) is 22.3. The zero-order chi connectivity index (χ0) is 35.3. The molecule has 0 aliphatic carbocycles. The van der Waals surface area contributed by atoms with E-state index in [2.05, 4.69) is 9.69 Å². The largest absolute Gasteiger partial charge is 0.245 e. The van der Waals surface area contributed by atoms with Gasteiger partial charge in [-0.2, -0.15) is 21.0 Å². The average molecular weight is 571 g/mol. The van der Waals surface area contributed by atoms with E-state index in [9.17, 15) is 21.0 Å². The lowest BCUT2D eigenvalue weighted by molar-refractivity contribution is 1.27. The molecular weight excluding hydrogens is 552 g/mol. The number of benzene rings is 3. The summed E-state index contributed by atoms with van der Waals surface area (Å²) < 4.78 is 51.3. The van der Waals surface area contributed by atoms with Crippen LogP contribution in [-0.4, -0.2) is 9.97 Å². The van der Waals surface area contributed by atoms with Crippen LogP contribution in [0.2, 0.25) is 0 Å². The second-order valence-electron chi connectivity index (χ2n) is 8.72. The molecule has 0 bridgehead atoms. The maximum atomic E-state index is 10.3. The number of aromatic nitrogens is 2. The molecule has 0 unspecified atom stereocenters. The summed E-state index contributed by atoms with van der Waals surface area (Å²) in [5.41, 5.74) is -2.69. The maximum absolute atomic E-state index is 10.3. The third-order valence-corrected chi connectivity index (χ3v) is 7.32. The van der Waals surface area contributed by atoms with Crippen LogP contribution in [-0.2, 0) is 0 Å². The van der Waals surface area contributed by atoms with Crippen LogP contribution in [0, 0.1) is 58.5 Å². The van der Waals surface area contributed by atoms with Crippen LogP contribution >= 0.6 is 11.3 Å². The fraction of sp³-hybridized carbons (Fsp3) is 0. The molecule has 0 radical (unpaired) electrons. The van der Waals surface area contributed by atoms with Crippen LogP contribution in [0.4, 0.5) is 11.4 Å². The van der Waals surface area contributed by atoms with Gasteiger partial charge in [0.25, 0.3) is 0 Å². The van der Waals surface area contributed by atoms with Crippen LogP contribution in [0.3, 0.4) is 0 Å². The summed E-state index contributed by atoms with van der Waals surface area (Å²) in [6.07, 6.45) is 0. The van der Waals surface area contributed by atoms with E-state index in [0.29, 0.717) is 10.8 Å². The first-order chi connectivity index (χ1) is 23.6. The van der Waals surface area contributed by atoms with Crippen LogP contribution in [0.25, 0.3) is 52.7 Å². The number of nitrogens with zero attached hydrogens (tertiary/aromatic N) is 8. The number of thiophene rings is 1. The quantitative estimate of drug-likeness (QED) is 0.178. The van der Waals surface area contributed by atoms with Gasteiger partial charge in [0.15, 0.2) is 11.4 Å². The minimum Gasteiger partial charge on any atom is -0.245 e. The van der Waals surface area contributed by atoms with E-state index in [4.69, 9.17) is 31.3 Å². The van der Waals surface area contributed by atoms with Gasteiger partial charge in [0.1, 0.15) is 12.1 Å². The van der Waals surface area contributed by atoms with Crippen molar-refractivity contribution >= 4 is 65.7 Å². The first-order valence-electron chi connectivity index (χ1n) is 15.1. The van der Waals surface area contributed by atoms with E-state index < -0.39 is 58.8 Å². The highest BCUT2D eigenvalue weighted by atomic mass is 32.1. The topological polar surface area (TPSA) is 130 Å². The molecule has 194 valence electrons. The average Bonchev–Trinajstić information content (AvgIpc) is 3.59. The smallest absolute Gasteiger partial charge is 0.189 e. The molecule has 0 saturated carbocycles. The second-order valence-corrected chi connectivity index (χ2v) is 9.63. The van der Waals surface area contributed by atoms with E-state index in [1.807, 2.05) is 23.6 Å². The van der Waals surface area contributed by atoms with E-state index >= 15 is 0 Å². The Kier molecular flexibility index (Phi) is 4.94. The lowest BCUT2D eigenvalue weighted by Gasteiger charge is -2.08. The van der Waals surface area contributed by atoms with Crippen molar-refractivity contribution in [3.63, 3.8) is 0 Å². The lowest BCUT2D eigenvalue weighted by atomic mass is 10.0. The molecule has 0 amide bonds. The first kappa shape index (κ1) is 20.1. The van der Waals surface area contributed by atoms with Gasteiger partial charge in [-0.25, -0.2) is 19.7 Å². The third kappa shape index (κ3) is 4.44. The van der Waals surface area contributed by atoms with Crippen LogP contribution in [0.15, 0.2) is 72.0 Å². The molecule has 6 aromatic rings. The zero-order valence-electron chi connectivity index (χ0n) is 27.5. The molecule has 3 heterocycles. The molecule has 0 saturated heterocycles. The van der Waals surface area contributed by atoms with Crippen LogP contribution < -0.4 is 10.7 Å². The van der Waals surface area contributed by atoms with Crippen molar-refractivity contribution in [1.82, 2.24) is 9.97 Å². The van der Waals surface area contributed by atoms with Gasteiger partial charge in [-0.05, 0) is 83.1 Å². The molecule has 43 heavy (non-hydrogen) atoms. The van der Waals surface area contributed by atoms with Gasteiger partial charge >= 0.3 is 0 Å². The number of hydrogen-bond donors (Lipinski definition) is 0. The molecule has 6 rings (SSSR count). The molecule has 3 aromatic carbocycles. The Balaban J connectivity index is 1.81. The SMILES string of the molecule is [2H]c1c(C#N)c([2H])c(/C(C#N)=c2\ccc3c4ccsc4c4cc/c(=C(/C#N)c5c([2H])c(C#N)c([2H])c([N+]#[C-])c5[2H])nc4c3n2)c([2H])c1[N+]#[C-]. The molecule has 0 fully saturated rings. The van der Waals surface area contributed by atoms with Gasteiger partial charge in [-0.15, -0.1) is 11.3 Å². The Hall–Kier alpha value is -6.88. The molecule has 3 aromatic heterocycles. The van der Waals surface area contributed by atoms with Crippen molar-refractivity contribution in [2.75, 3.05) is 0 Å². The van der Waals surface area contributed by atoms with Gasteiger partial charge in [-0.1, -0.05) is 0 Å². The molecule has 0 N–H and O–H groups in total. The van der Waals surface area contributed by atoms with Gasteiger partial charge in [0.2, 0.25) is 0 Å². The van der Waals surface area contributed by atoms with E-state index in [-0.39, 0.29) is 44.0 Å². The van der Waals surface area contributed by atoms with E-state index in [1.54, 1.807) is 24.3 Å². The van der Waals surface area contributed by atoms with Crippen molar-refractivity contribution in [3.05, 3.63) is 128 Å². The fourth-order valence-electron chi connectivity index (χ4n) is 4.56. The predicted molar refractivity (Wildman–Crippen MR) is 163 cm³/mol. The Labute approximate surface area is 256 Å². The minimum atomic E-state index is -0.582. The highest BCUT2D eigenvalue weighted by Crippen LogP contribution is 2.35. The Bertz CT molecular complexity index is 2650. The van der Waals surface area contributed by atoms with Gasteiger partial charge in [0.05, 0.1) is 63.6 Å². The fourth-order valence-corrected chi connectivity index (χ4v) is 5.49. The van der Waals surface area contributed by atoms with Crippen LogP contribution in [0.5, 0.6) is 0 Å². The molecule has 0 atom stereocenters. The summed E-state index contributed by atoms with van der Waals surface area (Å²) in [6.45, 7) is 14.9. The number of pyridine rings is 2. The van der Waals surface area contributed by atoms with Gasteiger partial charge in [0, 0.05) is 34.7 Å². The molecule has 0 aliphatic rings. The summed E-state index contributed by atoms with van der Waals surface area (Å²) in [6, 6.07) is 12.1. The summed E-state index contributed by atoms with van der Waals surface area (Å²) in [7, 11) is 0. The van der Waals surface area contributed by atoms with E-state index in [1.165, 1.54) is 23.5 Å². The number of rotatable bonds is 2. The number of fused-ring (bicyclic) bond motifs is 6. The summed E-state index contributed by atoms with van der Waals surface area (Å²) in [5.74, 6) is 0. The molecular formula is C34H12N8S. The van der Waals surface area contributed by atoms with E-state index in [0.717, 1.165) is 10.1 Å². The third-order valence-electron chi connectivity index (χ3n) is 6.37. The summed E-state index contributed by atoms with van der Waals surface area (Å²) in [4.78, 5) is 15.9. The normalized spacial score (nSPS) is 13.8. The maximum Gasteiger partial charge on any atom is 0.189 e. The van der Waals surface area contributed by atoms with Crippen molar-refractivity contribution in [1.29, 1.82) is 21.0 Å². The summed E-state index contributed by atoms with van der Waals surface area (Å²) >= 11 is 1.42. The highest BCUT2D eigenvalue weighted by molar-refractivity contribution is 7.18. The minimum absolute atomic E-state index is 0.0169. The predicted octanol–water partition coefficient (Wildman–Crippen LogP) is 6.29. The molecule has 0 aliphatic heterocycles. The Morgan fingerprint density at radius 3 is 1.67 bits per heavy atom. The number of nitriles is 4. The number of hydrogen-bond acceptors (Lipinski definition) is 7. The molecule has 0 spiro atoms. The standard InChI is InChI=1S/C34H12N8S/c1-39-23-11-19(15-35)9-21(13-23)28(17-37)30-5-3-25-26-7-8-43-34(26)27-4-6-31(42-33(27)32(25)41-30)29(18-38)22-10-20(16-36)12-24(14-22)40-2/h3-14H/b30-28+,31-29+/i9D,10D,11D,12D,13D,14D. The van der Waals surface area contributed by atoms with Crippen LogP contribution in [0.1, 0.15) is 30.5 Å². The van der Waals surface area contributed by atoms with Crippen molar-refractivity contribution < 1.29 is 8.22 Å². The first-order valence-corrected chi connectivity index (χ1v) is 12.9. The van der Waals surface area contributed by atoms with Gasteiger partial charge < -0.3 is 0 Å². The van der Waals surface area contributed by atoms with Gasteiger partial charge in [-0.3, -0.25) is 0 Å². The Morgan fingerprint density at radius 2 is 1.19 bits per heavy atom. The second kappa shape index (κ2) is 10.6. The summed E-state index contributed by atoms with van der Waals surface area (Å²) in [5, 5.41) is 43.6. The highest BCUT2D eigenvalue weighted by Gasteiger charge is 2.15. The monoisotopic (exact) mass is 570 g/mol.